The molecule has 0 spiro atoms. The Hall–Kier alpha value is -2.22. The summed E-state index contributed by atoms with van der Waals surface area (Å²) in [7, 11) is 0. The molecule has 0 fully saturated rings. The Morgan fingerprint density at radius 1 is 1.45 bits per heavy atom. The molecule has 1 aromatic carbocycles. The number of thiol groups is 1. The van der Waals surface area contributed by atoms with Gasteiger partial charge in [-0.2, -0.15) is 12.6 Å². The predicted molar refractivity (Wildman–Crippen MR) is 74.4 cm³/mol. The zero-order chi connectivity index (χ0) is 15.3. The molecule has 0 saturated heterocycles. The van der Waals surface area contributed by atoms with Crippen LogP contribution < -0.4 is 11.1 Å². The molecule has 0 radical (unpaired) electrons. The van der Waals surface area contributed by atoms with Crippen molar-refractivity contribution in [3.8, 4) is 5.75 Å². The second-order valence-corrected chi connectivity index (χ2v) is 4.29. The molecule has 0 unspecified atom stereocenters. The number of phenols is 1. The number of benzene rings is 1. The van der Waals surface area contributed by atoms with E-state index in [1.54, 1.807) is 0 Å². The summed E-state index contributed by atoms with van der Waals surface area (Å²) < 4.78 is 4.57. The van der Waals surface area contributed by atoms with Gasteiger partial charge in [0.2, 0.25) is 5.91 Å². The third-order valence-corrected chi connectivity index (χ3v) is 2.64. The Balaban J connectivity index is 2.81. The molecule has 20 heavy (non-hydrogen) atoms. The average Bonchev–Trinajstić information content (AvgIpc) is 2.38. The molecule has 108 valence electrons. The monoisotopic (exact) mass is 298 g/mol. The molecule has 4 N–H and O–H groups in total. The maximum atomic E-state index is 11.7. The molecule has 0 aliphatic carbocycles. The number of phenolic OH excluding ortho intramolecular Hbond substituents is 1. The first kappa shape index (κ1) is 15.8. The molecule has 0 saturated carbocycles. The van der Waals surface area contributed by atoms with E-state index in [4.69, 9.17) is 5.73 Å². The van der Waals surface area contributed by atoms with Crippen LogP contribution in [0.5, 0.6) is 5.75 Å². The Morgan fingerprint density at radius 2 is 2.10 bits per heavy atom. The molecule has 1 atom stereocenters. The summed E-state index contributed by atoms with van der Waals surface area (Å²) in [5.41, 5.74) is 5.47. The first-order chi connectivity index (χ1) is 9.35. The highest BCUT2D eigenvalue weighted by atomic mass is 32.1. The third kappa shape index (κ3) is 4.16. The van der Waals surface area contributed by atoms with Gasteiger partial charge in [0, 0.05) is 18.4 Å². The average molecular weight is 298 g/mol. The van der Waals surface area contributed by atoms with Crippen molar-refractivity contribution in [2.75, 3.05) is 11.5 Å². The number of amides is 1. The summed E-state index contributed by atoms with van der Waals surface area (Å²) in [5, 5.41) is 11.8. The van der Waals surface area contributed by atoms with E-state index in [1.165, 1.54) is 25.1 Å². The van der Waals surface area contributed by atoms with Crippen molar-refractivity contribution in [3.05, 3.63) is 23.8 Å². The SMILES string of the molecule is CC(=O)N[C@@H](CS)C(=O)OC(=O)c1cc(N)ccc1O. The van der Waals surface area contributed by atoms with Gasteiger partial charge in [-0.15, -0.1) is 0 Å². The van der Waals surface area contributed by atoms with Crippen LogP contribution in [0.4, 0.5) is 5.69 Å². The normalized spacial score (nSPS) is 11.5. The van der Waals surface area contributed by atoms with Crippen molar-refractivity contribution in [1.82, 2.24) is 5.32 Å². The lowest BCUT2D eigenvalue weighted by molar-refractivity contribution is -0.141. The Morgan fingerprint density at radius 3 is 2.65 bits per heavy atom. The van der Waals surface area contributed by atoms with Crippen molar-refractivity contribution in [3.63, 3.8) is 0 Å². The zero-order valence-electron chi connectivity index (χ0n) is 10.6. The minimum Gasteiger partial charge on any atom is -0.507 e. The van der Waals surface area contributed by atoms with Gasteiger partial charge in [0.25, 0.3) is 0 Å². The number of aromatic hydroxyl groups is 1. The minimum absolute atomic E-state index is 0.0331. The minimum atomic E-state index is -1.06. The van der Waals surface area contributed by atoms with Gasteiger partial charge in [-0.1, -0.05) is 0 Å². The van der Waals surface area contributed by atoms with Crippen molar-refractivity contribution in [2.24, 2.45) is 0 Å². The lowest BCUT2D eigenvalue weighted by Gasteiger charge is -2.13. The quantitative estimate of drug-likeness (QED) is 0.206. The van der Waals surface area contributed by atoms with Crippen LogP contribution in [0, 0.1) is 0 Å². The maximum absolute atomic E-state index is 11.7. The fourth-order valence-corrected chi connectivity index (χ4v) is 1.60. The number of hydrogen-bond acceptors (Lipinski definition) is 7. The topological polar surface area (TPSA) is 119 Å². The van der Waals surface area contributed by atoms with Gasteiger partial charge >= 0.3 is 11.9 Å². The summed E-state index contributed by atoms with van der Waals surface area (Å²) in [6.07, 6.45) is 0. The van der Waals surface area contributed by atoms with Gasteiger partial charge in [0.05, 0.1) is 0 Å². The standard InChI is InChI=1S/C12H14N2O5S/c1-6(15)14-9(5-20)12(18)19-11(17)8-4-7(13)2-3-10(8)16/h2-4,9,16,20H,5,13H2,1H3,(H,14,15)/t9-/m0/s1. The van der Waals surface area contributed by atoms with Gasteiger partial charge in [-0.3, -0.25) is 4.79 Å². The lowest BCUT2D eigenvalue weighted by Crippen LogP contribution is -2.42. The number of ether oxygens (including phenoxy) is 1. The van der Waals surface area contributed by atoms with Crippen LogP contribution in [0.15, 0.2) is 18.2 Å². The molecule has 1 rings (SSSR count). The highest BCUT2D eigenvalue weighted by molar-refractivity contribution is 7.80. The molecule has 0 aliphatic heterocycles. The summed E-state index contributed by atoms with van der Waals surface area (Å²) >= 11 is 3.88. The molecule has 0 aromatic heterocycles. The van der Waals surface area contributed by atoms with Crippen LogP contribution >= 0.6 is 12.6 Å². The first-order valence-electron chi connectivity index (χ1n) is 5.57. The predicted octanol–water partition coefficient (Wildman–Crippen LogP) is 0.0923. The number of carbonyl (C=O) groups is 3. The van der Waals surface area contributed by atoms with Crippen LogP contribution in [0.2, 0.25) is 0 Å². The second kappa shape index (κ2) is 6.80. The van der Waals surface area contributed by atoms with Crippen molar-refractivity contribution in [2.45, 2.75) is 13.0 Å². The highest BCUT2D eigenvalue weighted by Crippen LogP contribution is 2.20. The molecule has 7 nitrogen and oxygen atoms in total. The molecule has 1 aromatic rings. The van der Waals surface area contributed by atoms with Gasteiger partial charge in [-0.05, 0) is 18.2 Å². The van der Waals surface area contributed by atoms with Gasteiger partial charge < -0.3 is 20.9 Å². The third-order valence-electron chi connectivity index (χ3n) is 2.28. The van der Waals surface area contributed by atoms with E-state index in [2.05, 4.69) is 22.7 Å². The van der Waals surface area contributed by atoms with Gasteiger partial charge in [0.1, 0.15) is 17.4 Å². The van der Waals surface area contributed by atoms with Crippen molar-refractivity contribution in [1.29, 1.82) is 0 Å². The number of nitrogens with two attached hydrogens (primary N) is 1. The van der Waals surface area contributed by atoms with Crippen LogP contribution in [-0.4, -0.2) is 34.7 Å². The lowest BCUT2D eigenvalue weighted by atomic mass is 10.2. The smallest absolute Gasteiger partial charge is 0.349 e. The van der Waals surface area contributed by atoms with E-state index >= 15 is 0 Å². The van der Waals surface area contributed by atoms with Crippen molar-refractivity contribution >= 4 is 36.2 Å². The van der Waals surface area contributed by atoms with E-state index in [1.807, 2.05) is 0 Å². The Kier molecular flexibility index (Phi) is 5.39. The number of rotatable bonds is 4. The van der Waals surface area contributed by atoms with Crippen LogP contribution in [0.3, 0.4) is 0 Å². The van der Waals surface area contributed by atoms with E-state index in [-0.39, 0.29) is 22.8 Å². The van der Waals surface area contributed by atoms with Crippen molar-refractivity contribution < 1.29 is 24.2 Å². The number of nitrogens with one attached hydrogen (secondary N) is 1. The summed E-state index contributed by atoms with van der Waals surface area (Å²) in [5.74, 6) is -2.88. The first-order valence-corrected chi connectivity index (χ1v) is 6.21. The molecule has 0 aliphatic rings. The second-order valence-electron chi connectivity index (χ2n) is 3.92. The molecular weight excluding hydrogens is 284 g/mol. The van der Waals surface area contributed by atoms with Crippen LogP contribution in [0.25, 0.3) is 0 Å². The molecule has 0 heterocycles. The number of anilines is 1. The molecule has 0 bridgehead atoms. The number of hydrogen-bond donors (Lipinski definition) is 4. The maximum Gasteiger partial charge on any atom is 0.349 e. The zero-order valence-corrected chi connectivity index (χ0v) is 11.5. The molecule has 8 heteroatoms. The highest BCUT2D eigenvalue weighted by Gasteiger charge is 2.24. The van der Waals surface area contributed by atoms with E-state index < -0.39 is 23.9 Å². The summed E-state index contributed by atoms with van der Waals surface area (Å²) in [4.78, 5) is 34.3. The van der Waals surface area contributed by atoms with Crippen LogP contribution in [0.1, 0.15) is 17.3 Å². The largest absolute Gasteiger partial charge is 0.507 e. The van der Waals surface area contributed by atoms with Crippen LogP contribution in [-0.2, 0) is 14.3 Å². The number of nitrogen functional groups attached to an aromatic ring is 1. The Bertz CT molecular complexity index is 547. The number of esters is 2. The summed E-state index contributed by atoms with van der Waals surface area (Å²) in [6, 6.07) is 2.73. The fraction of sp³-hybridized carbons (Fsp3) is 0.250. The fourth-order valence-electron chi connectivity index (χ4n) is 1.36. The number of carbonyl (C=O) groups excluding carboxylic acids is 3. The Labute approximate surface area is 120 Å². The summed E-state index contributed by atoms with van der Waals surface area (Å²) in [6.45, 7) is 1.22. The van der Waals surface area contributed by atoms with E-state index in [0.29, 0.717) is 0 Å². The van der Waals surface area contributed by atoms with E-state index in [9.17, 15) is 19.5 Å². The van der Waals surface area contributed by atoms with E-state index in [0.717, 1.165) is 0 Å². The van der Waals surface area contributed by atoms with Gasteiger partial charge in [0.15, 0.2) is 0 Å². The molecule has 1 amide bonds. The molecular formula is C12H14N2O5S. The van der Waals surface area contributed by atoms with Gasteiger partial charge in [-0.25, -0.2) is 9.59 Å².